The van der Waals surface area contributed by atoms with Crippen molar-refractivity contribution in [3.63, 3.8) is 0 Å². The third-order valence-electron chi connectivity index (χ3n) is 3.25. The van der Waals surface area contributed by atoms with E-state index < -0.39 is 11.6 Å². The summed E-state index contributed by atoms with van der Waals surface area (Å²) in [6.45, 7) is 2.38. The number of aromatic nitrogens is 5. The van der Waals surface area contributed by atoms with Gasteiger partial charge >= 0.3 is 0 Å². The molecule has 0 aliphatic heterocycles. The molecule has 1 N–H and O–H groups in total. The number of anilines is 1. The van der Waals surface area contributed by atoms with Gasteiger partial charge in [-0.2, -0.15) is 0 Å². The zero-order valence-corrected chi connectivity index (χ0v) is 12.9. The predicted octanol–water partition coefficient (Wildman–Crippen LogP) is 2.11. The highest BCUT2D eigenvalue weighted by Crippen LogP contribution is 2.22. The largest absolute Gasteiger partial charge is 0.308 e. The van der Waals surface area contributed by atoms with Gasteiger partial charge in [-0.05, 0) is 26.0 Å². The highest BCUT2D eigenvalue weighted by Gasteiger charge is 2.26. The van der Waals surface area contributed by atoms with Gasteiger partial charge in [0.05, 0.1) is 17.9 Å². The summed E-state index contributed by atoms with van der Waals surface area (Å²) in [6.07, 6.45) is 4.98. The quantitative estimate of drug-likeness (QED) is 0.800. The number of nitrogens with zero attached hydrogens (tertiary/aromatic N) is 5. The summed E-state index contributed by atoms with van der Waals surface area (Å²) in [5.74, 6) is -0.478. The van der Waals surface area contributed by atoms with E-state index in [2.05, 4.69) is 25.6 Å². The summed E-state index contributed by atoms with van der Waals surface area (Å²) >= 11 is 0. The van der Waals surface area contributed by atoms with Gasteiger partial charge in [-0.3, -0.25) is 14.5 Å². The van der Waals surface area contributed by atoms with E-state index in [0.29, 0.717) is 11.2 Å². The van der Waals surface area contributed by atoms with E-state index in [1.807, 2.05) is 6.07 Å². The number of halogens is 1. The van der Waals surface area contributed by atoms with E-state index in [1.54, 1.807) is 30.2 Å². The van der Waals surface area contributed by atoms with Crippen LogP contribution in [0, 0.1) is 0 Å². The lowest BCUT2D eigenvalue weighted by molar-refractivity contribution is -0.125. The average molecular weight is 314 g/mol. The van der Waals surface area contributed by atoms with Crippen molar-refractivity contribution in [1.82, 2.24) is 25.0 Å². The minimum absolute atomic E-state index is 0.270. The van der Waals surface area contributed by atoms with Gasteiger partial charge in [-0.15, -0.1) is 5.10 Å². The summed E-state index contributed by atoms with van der Waals surface area (Å²) < 4.78 is 15.2. The molecule has 1 amide bonds. The molecule has 0 saturated heterocycles. The van der Waals surface area contributed by atoms with Crippen molar-refractivity contribution in [1.29, 1.82) is 0 Å². The van der Waals surface area contributed by atoms with Crippen LogP contribution in [-0.2, 0) is 11.8 Å². The molecular formula is C15H15FN6O. The van der Waals surface area contributed by atoms with Crippen molar-refractivity contribution < 1.29 is 9.18 Å². The molecule has 0 saturated carbocycles. The van der Waals surface area contributed by atoms with Gasteiger partial charge in [0.25, 0.3) is 5.91 Å². The van der Waals surface area contributed by atoms with E-state index >= 15 is 0 Å². The summed E-state index contributed by atoms with van der Waals surface area (Å²) in [5, 5.41) is 11.1. The highest BCUT2D eigenvalue weighted by molar-refractivity contribution is 5.97. The summed E-state index contributed by atoms with van der Waals surface area (Å²) in [6, 6.07) is 3.51. The van der Waals surface area contributed by atoms with Gasteiger partial charge in [0.15, 0.2) is 5.67 Å². The molecular weight excluding hydrogens is 299 g/mol. The normalized spacial score (nSPS) is 11.7. The smallest absolute Gasteiger partial charge is 0.262 e. The lowest BCUT2D eigenvalue weighted by Crippen LogP contribution is -2.32. The second kappa shape index (κ2) is 5.38. The van der Waals surface area contributed by atoms with Gasteiger partial charge < -0.3 is 5.32 Å². The molecule has 23 heavy (non-hydrogen) atoms. The van der Waals surface area contributed by atoms with Crippen LogP contribution >= 0.6 is 0 Å². The molecule has 3 aromatic heterocycles. The maximum atomic E-state index is 13.6. The Morgan fingerprint density at radius 3 is 2.70 bits per heavy atom. The standard InChI is InChI=1S/C15H15FN6O/c1-15(2,16)14(23)19-13-5-9-4-10(6-17-11(9)7-18-13)12-8-22(3)21-20-12/h4-8H,1-3H3,(H,18,19,23). The van der Waals surface area contributed by atoms with Crippen LogP contribution in [0.4, 0.5) is 10.2 Å². The van der Waals surface area contributed by atoms with E-state index in [1.165, 1.54) is 20.0 Å². The Morgan fingerprint density at radius 2 is 2.04 bits per heavy atom. The molecule has 0 atom stereocenters. The minimum atomic E-state index is -1.98. The first-order valence-electron chi connectivity index (χ1n) is 6.96. The molecule has 3 rings (SSSR count). The third-order valence-corrected chi connectivity index (χ3v) is 3.25. The molecule has 0 radical (unpaired) electrons. The van der Waals surface area contributed by atoms with E-state index in [0.717, 1.165) is 10.9 Å². The number of hydrogen-bond acceptors (Lipinski definition) is 5. The predicted molar refractivity (Wildman–Crippen MR) is 83.4 cm³/mol. The fourth-order valence-electron chi connectivity index (χ4n) is 1.98. The van der Waals surface area contributed by atoms with E-state index in [9.17, 15) is 9.18 Å². The van der Waals surface area contributed by atoms with E-state index in [4.69, 9.17) is 0 Å². The number of carbonyl (C=O) groups is 1. The molecule has 0 unspecified atom stereocenters. The van der Waals surface area contributed by atoms with Crippen molar-refractivity contribution in [2.24, 2.45) is 7.05 Å². The number of amides is 1. The van der Waals surface area contributed by atoms with Gasteiger partial charge in [0.1, 0.15) is 11.5 Å². The van der Waals surface area contributed by atoms with Gasteiger partial charge in [-0.25, -0.2) is 9.37 Å². The topological polar surface area (TPSA) is 85.6 Å². The van der Waals surface area contributed by atoms with Crippen molar-refractivity contribution in [2.75, 3.05) is 5.32 Å². The Hall–Kier alpha value is -2.90. The molecule has 7 nitrogen and oxygen atoms in total. The van der Waals surface area contributed by atoms with E-state index in [-0.39, 0.29) is 5.82 Å². The number of fused-ring (bicyclic) bond motifs is 1. The molecule has 3 heterocycles. The highest BCUT2D eigenvalue weighted by atomic mass is 19.1. The van der Waals surface area contributed by atoms with Gasteiger partial charge in [0, 0.05) is 24.2 Å². The number of pyridine rings is 2. The maximum Gasteiger partial charge on any atom is 0.262 e. The Bertz CT molecular complexity index is 883. The summed E-state index contributed by atoms with van der Waals surface area (Å²) in [5.41, 5.74) is 0.167. The molecule has 0 bridgehead atoms. The first kappa shape index (κ1) is 15.0. The molecule has 0 fully saturated rings. The molecule has 0 aromatic carbocycles. The van der Waals surface area contributed by atoms with Crippen LogP contribution in [0.15, 0.2) is 30.7 Å². The van der Waals surface area contributed by atoms with Crippen LogP contribution in [0.2, 0.25) is 0 Å². The third kappa shape index (κ3) is 3.15. The lowest BCUT2D eigenvalue weighted by Gasteiger charge is -2.13. The maximum absolute atomic E-state index is 13.6. The number of nitrogens with one attached hydrogen (secondary N) is 1. The number of rotatable bonds is 3. The van der Waals surface area contributed by atoms with Gasteiger partial charge in [-0.1, -0.05) is 5.21 Å². The van der Waals surface area contributed by atoms with Crippen LogP contribution in [-0.4, -0.2) is 36.5 Å². The molecule has 0 spiro atoms. The van der Waals surface area contributed by atoms with Crippen molar-refractivity contribution in [3.05, 3.63) is 30.7 Å². The Labute approximate surface area is 131 Å². The van der Waals surface area contributed by atoms with Crippen LogP contribution in [0.5, 0.6) is 0 Å². The van der Waals surface area contributed by atoms with Crippen LogP contribution in [0.25, 0.3) is 22.2 Å². The number of carbonyl (C=O) groups excluding carboxylic acids is 1. The minimum Gasteiger partial charge on any atom is -0.308 e. The second-order valence-electron chi connectivity index (χ2n) is 5.69. The molecule has 0 aliphatic carbocycles. The number of alkyl halides is 1. The van der Waals surface area contributed by atoms with Crippen molar-refractivity contribution in [3.8, 4) is 11.3 Å². The molecule has 3 aromatic rings. The van der Waals surface area contributed by atoms with Crippen LogP contribution in [0.3, 0.4) is 0 Å². The fraction of sp³-hybridized carbons (Fsp3) is 0.267. The SMILES string of the molecule is Cn1cc(-c2cnc3cnc(NC(=O)C(C)(C)F)cc3c2)nn1. The number of aryl methyl sites for hydroxylation is 1. The zero-order chi connectivity index (χ0) is 16.6. The lowest BCUT2D eigenvalue weighted by atomic mass is 10.1. The monoisotopic (exact) mass is 314 g/mol. The Balaban J connectivity index is 1.96. The molecule has 0 aliphatic rings. The van der Waals surface area contributed by atoms with Crippen LogP contribution in [0.1, 0.15) is 13.8 Å². The number of hydrogen-bond donors (Lipinski definition) is 1. The summed E-state index contributed by atoms with van der Waals surface area (Å²) in [4.78, 5) is 20.1. The van der Waals surface area contributed by atoms with Crippen molar-refractivity contribution in [2.45, 2.75) is 19.5 Å². The second-order valence-corrected chi connectivity index (χ2v) is 5.69. The van der Waals surface area contributed by atoms with Crippen LogP contribution < -0.4 is 5.32 Å². The average Bonchev–Trinajstić information content (AvgIpc) is 2.92. The summed E-state index contributed by atoms with van der Waals surface area (Å²) in [7, 11) is 1.78. The molecule has 8 heteroatoms. The fourth-order valence-corrected chi connectivity index (χ4v) is 1.98. The first-order valence-corrected chi connectivity index (χ1v) is 6.96. The molecule has 118 valence electrons. The first-order chi connectivity index (χ1) is 10.8. The Kier molecular flexibility index (Phi) is 3.51. The zero-order valence-electron chi connectivity index (χ0n) is 12.9. The van der Waals surface area contributed by atoms with Gasteiger partial charge in [0.2, 0.25) is 0 Å². The Morgan fingerprint density at radius 1 is 1.26 bits per heavy atom. The van der Waals surface area contributed by atoms with Crippen molar-refractivity contribution >= 4 is 22.6 Å².